The summed E-state index contributed by atoms with van der Waals surface area (Å²) in [5.41, 5.74) is -0.479. The number of hydrogen-bond acceptors (Lipinski definition) is 6. The first-order valence-corrected chi connectivity index (χ1v) is 7.99. The third-order valence-electron chi connectivity index (χ3n) is 3.36. The Morgan fingerprint density at radius 1 is 1.43 bits per heavy atom. The first-order chi connectivity index (χ1) is 10.6. The second kappa shape index (κ2) is 6.15. The number of carboxylic acid groups (broad SMARTS) is 1. The van der Waals surface area contributed by atoms with Crippen LogP contribution in [0.4, 0.5) is 4.79 Å². The summed E-state index contributed by atoms with van der Waals surface area (Å²) in [6.45, 7) is 5.16. The van der Waals surface area contributed by atoms with Crippen LogP contribution in [0.2, 0.25) is 0 Å². The predicted octanol–water partition coefficient (Wildman–Crippen LogP) is 1.34. The van der Waals surface area contributed by atoms with Crippen molar-refractivity contribution in [2.75, 3.05) is 13.1 Å². The Bertz CT molecular complexity index is 610. The number of carbonyl (C=O) groups is 3. The lowest BCUT2D eigenvalue weighted by Gasteiger charge is -2.28. The zero-order chi connectivity index (χ0) is 17.3. The number of likely N-dealkylation sites (tertiary alicyclic amines) is 1. The van der Waals surface area contributed by atoms with Gasteiger partial charge in [0.15, 0.2) is 5.54 Å². The fourth-order valence-corrected chi connectivity index (χ4v) is 2.82. The number of ether oxygens (including phenoxy) is 1. The maximum atomic E-state index is 12.3. The highest BCUT2D eigenvalue weighted by atomic mass is 32.1. The van der Waals surface area contributed by atoms with Crippen LogP contribution in [0, 0.1) is 0 Å². The molecular weight excluding hydrogens is 322 g/mol. The van der Waals surface area contributed by atoms with Gasteiger partial charge in [-0.2, -0.15) is 0 Å². The van der Waals surface area contributed by atoms with E-state index in [9.17, 15) is 19.5 Å². The van der Waals surface area contributed by atoms with E-state index in [0.717, 1.165) is 0 Å². The lowest BCUT2D eigenvalue weighted by molar-refractivity contribution is -0.144. The number of nitrogens with one attached hydrogen (secondary N) is 1. The van der Waals surface area contributed by atoms with Crippen molar-refractivity contribution in [3.63, 3.8) is 0 Å². The molecule has 0 radical (unpaired) electrons. The second-order valence-electron chi connectivity index (χ2n) is 6.36. The van der Waals surface area contributed by atoms with Gasteiger partial charge in [0, 0.05) is 18.3 Å². The minimum atomic E-state index is -1.55. The van der Waals surface area contributed by atoms with Crippen LogP contribution >= 0.6 is 11.3 Å². The summed E-state index contributed by atoms with van der Waals surface area (Å²) < 4.78 is 5.12. The van der Waals surface area contributed by atoms with Crippen molar-refractivity contribution in [2.24, 2.45) is 0 Å². The number of thiazole rings is 1. The van der Waals surface area contributed by atoms with E-state index in [4.69, 9.17) is 4.74 Å². The van der Waals surface area contributed by atoms with E-state index in [0.29, 0.717) is 0 Å². The highest BCUT2D eigenvalue weighted by Gasteiger charge is 2.48. The van der Waals surface area contributed by atoms with Crippen molar-refractivity contribution < 1.29 is 24.2 Å². The van der Waals surface area contributed by atoms with Crippen molar-refractivity contribution >= 4 is 29.3 Å². The Morgan fingerprint density at radius 3 is 2.65 bits per heavy atom. The van der Waals surface area contributed by atoms with Gasteiger partial charge in [0.25, 0.3) is 5.91 Å². The van der Waals surface area contributed by atoms with Gasteiger partial charge in [-0.3, -0.25) is 4.79 Å². The predicted molar refractivity (Wildman–Crippen MR) is 82.4 cm³/mol. The monoisotopic (exact) mass is 341 g/mol. The van der Waals surface area contributed by atoms with E-state index in [2.05, 4.69) is 10.3 Å². The average Bonchev–Trinajstić information content (AvgIpc) is 3.05. The topological polar surface area (TPSA) is 109 Å². The first kappa shape index (κ1) is 17.2. The molecule has 0 aliphatic carbocycles. The highest BCUT2D eigenvalue weighted by Crippen LogP contribution is 2.24. The molecular formula is C14H19N3O5S. The van der Waals surface area contributed by atoms with Gasteiger partial charge in [-0.15, -0.1) is 11.3 Å². The van der Waals surface area contributed by atoms with E-state index in [1.54, 1.807) is 26.2 Å². The molecule has 23 heavy (non-hydrogen) atoms. The summed E-state index contributed by atoms with van der Waals surface area (Å²) in [7, 11) is 0. The van der Waals surface area contributed by atoms with Gasteiger partial charge in [0.1, 0.15) is 11.3 Å². The Hall–Kier alpha value is -2.16. The molecule has 2 amide bonds. The zero-order valence-corrected chi connectivity index (χ0v) is 14.0. The minimum Gasteiger partial charge on any atom is -0.479 e. The molecule has 0 saturated carbocycles. The quantitative estimate of drug-likeness (QED) is 0.859. The third-order valence-corrected chi connectivity index (χ3v) is 3.94. The van der Waals surface area contributed by atoms with Gasteiger partial charge < -0.3 is 20.1 Å². The molecule has 2 N–H and O–H groups in total. The fourth-order valence-electron chi connectivity index (χ4n) is 2.29. The van der Waals surface area contributed by atoms with E-state index >= 15 is 0 Å². The van der Waals surface area contributed by atoms with Crippen molar-refractivity contribution in [1.82, 2.24) is 15.2 Å². The van der Waals surface area contributed by atoms with E-state index in [1.165, 1.54) is 21.7 Å². The Balaban J connectivity index is 2.10. The number of amides is 2. The van der Waals surface area contributed by atoms with Gasteiger partial charge >= 0.3 is 12.1 Å². The zero-order valence-electron chi connectivity index (χ0n) is 13.2. The van der Waals surface area contributed by atoms with Crippen LogP contribution in [0.15, 0.2) is 10.9 Å². The molecule has 9 heteroatoms. The number of hydrogen-bond donors (Lipinski definition) is 2. The number of aromatic nitrogens is 1. The Labute approximate surface area is 137 Å². The molecule has 1 unspecified atom stereocenters. The van der Waals surface area contributed by atoms with Gasteiger partial charge in [0.05, 0.1) is 12.1 Å². The molecule has 1 atom stereocenters. The Kier molecular flexibility index (Phi) is 4.60. The summed E-state index contributed by atoms with van der Waals surface area (Å²) in [5, 5.41) is 13.5. The number of carboxylic acids is 1. The van der Waals surface area contributed by atoms with Gasteiger partial charge in [0.2, 0.25) is 0 Å². The summed E-state index contributed by atoms with van der Waals surface area (Å²) in [5.74, 6) is -1.54. The smallest absolute Gasteiger partial charge is 0.408 e. The molecule has 1 aliphatic rings. The summed E-state index contributed by atoms with van der Waals surface area (Å²) in [6.07, 6.45) is -0.708. The molecule has 2 heterocycles. The molecule has 0 spiro atoms. The number of carbonyl (C=O) groups excluding carboxylic acids is 2. The molecule has 8 nitrogen and oxygen atoms in total. The van der Waals surface area contributed by atoms with Crippen molar-refractivity contribution in [2.45, 2.75) is 38.3 Å². The van der Waals surface area contributed by atoms with E-state index in [-0.39, 0.29) is 31.1 Å². The maximum Gasteiger partial charge on any atom is 0.408 e. The molecule has 2 rings (SSSR count). The molecule has 0 bridgehead atoms. The fraction of sp³-hybridized carbons (Fsp3) is 0.571. The maximum absolute atomic E-state index is 12.3. The van der Waals surface area contributed by atoms with Crippen LogP contribution in [0.5, 0.6) is 0 Å². The van der Waals surface area contributed by atoms with Crippen molar-refractivity contribution in [3.05, 3.63) is 16.6 Å². The molecule has 1 saturated heterocycles. The highest BCUT2D eigenvalue weighted by molar-refractivity contribution is 7.07. The molecule has 0 aromatic carbocycles. The standard InChI is InChI=1S/C14H19N3O5S/c1-13(2,3)22-12(21)16-14(11(19)20)4-5-17(7-14)10(18)9-6-23-8-15-9/h6,8H,4-5,7H2,1-3H3,(H,16,21)(H,19,20). The second-order valence-corrected chi connectivity index (χ2v) is 7.08. The normalized spacial score (nSPS) is 21.1. The van der Waals surface area contributed by atoms with E-state index in [1.807, 2.05) is 0 Å². The summed E-state index contributed by atoms with van der Waals surface area (Å²) >= 11 is 1.29. The Morgan fingerprint density at radius 2 is 2.13 bits per heavy atom. The number of aliphatic carboxylic acids is 1. The van der Waals surface area contributed by atoms with Crippen LogP contribution in [-0.4, -0.2) is 57.2 Å². The minimum absolute atomic E-state index is 0.109. The number of alkyl carbamates (subject to hydrolysis) is 1. The first-order valence-electron chi connectivity index (χ1n) is 7.05. The molecule has 1 aromatic heterocycles. The number of nitrogens with zero attached hydrogens (tertiary/aromatic N) is 2. The summed E-state index contributed by atoms with van der Waals surface area (Å²) in [6, 6.07) is 0. The molecule has 1 fully saturated rings. The molecule has 1 aromatic rings. The van der Waals surface area contributed by atoms with Gasteiger partial charge in [-0.25, -0.2) is 14.6 Å². The van der Waals surface area contributed by atoms with Crippen LogP contribution < -0.4 is 5.32 Å². The van der Waals surface area contributed by atoms with Gasteiger partial charge in [-0.05, 0) is 20.8 Å². The van der Waals surface area contributed by atoms with Gasteiger partial charge in [-0.1, -0.05) is 0 Å². The van der Waals surface area contributed by atoms with Crippen molar-refractivity contribution in [3.8, 4) is 0 Å². The van der Waals surface area contributed by atoms with Crippen LogP contribution in [0.25, 0.3) is 0 Å². The van der Waals surface area contributed by atoms with Crippen molar-refractivity contribution in [1.29, 1.82) is 0 Å². The van der Waals surface area contributed by atoms with Crippen LogP contribution in [-0.2, 0) is 9.53 Å². The summed E-state index contributed by atoms with van der Waals surface area (Å²) in [4.78, 5) is 41.1. The van der Waals surface area contributed by atoms with E-state index < -0.39 is 23.2 Å². The lowest BCUT2D eigenvalue weighted by atomic mass is 9.99. The third kappa shape index (κ3) is 3.98. The molecule has 126 valence electrons. The molecule has 1 aliphatic heterocycles. The van der Waals surface area contributed by atoms with Crippen LogP contribution in [0.3, 0.4) is 0 Å². The average molecular weight is 341 g/mol. The SMILES string of the molecule is CC(C)(C)OC(=O)NC1(C(=O)O)CCN(C(=O)c2cscn2)C1. The number of rotatable bonds is 3. The largest absolute Gasteiger partial charge is 0.479 e. The lowest BCUT2D eigenvalue weighted by Crippen LogP contribution is -2.57. The van der Waals surface area contributed by atoms with Crippen LogP contribution in [0.1, 0.15) is 37.7 Å².